The highest BCUT2D eigenvalue weighted by atomic mass is 32.2. The van der Waals surface area contributed by atoms with Gasteiger partial charge in [0.25, 0.3) is 0 Å². The van der Waals surface area contributed by atoms with Gasteiger partial charge in [-0.3, -0.25) is 0 Å². The Morgan fingerprint density at radius 3 is 2.29 bits per heavy atom. The first-order valence-corrected chi connectivity index (χ1v) is 6.15. The molecule has 2 unspecified atom stereocenters. The molecule has 2 atom stereocenters. The van der Waals surface area contributed by atoms with Crippen LogP contribution in [0.2, 0.25) is 0 Å². The van der Waals surface area contributed by atoms with E-state index in [-0.39, 0.29) is 5.75 Å². The van der Waals surface area contributed by atoms with Gasteiger partial charge in [0, 0.05) is 10.6 Å². The van der Waals surface area contributed by atoms with Crippen LogP contribution < -0.4 is 0 Å². The van der Waals surface area contributed by atoms with Crippen molar-refractivity contribution in [1.82, 2.24) is 0 Å². The maximum absolute atomic E-state index is 9.65. The molecule has 0 aliphatic rings. The van der Waals surface area contributed by atoms with Crippen molar-refractivity contribution >= 4 is 24.4 Å². The third-order valence-corrected chi connectivity index (χ3v) is 3.13. The Hall–Kier alpha value is -0.160. The van der Waals surface area contributed by atoms with Gasteiger partial charge in [-0.15, -0.1) is 11.8 Å². The van der Waals surface area contributed by atoms with Gasteiger partial charge in [0.05, 0.1) is 6.10 Å². The summed E-state index contributed by atoms with van der Waals surface area (Å²) < 4.78 is 0. The third-order valence-electron chi connectivity index (χ3n) is 2.01. The molecule has 1 rings (SSSR count). The number of rotatable bonds is 4. The molecular formula is C10H14O2S2. The highest BCUT2D eigenvalue weighted by Gasteiger charge is 2.16. The van der Waals surface area contributed by atoms with Crippen molar-refractivity contribution < 1.29 is 10.2 Å². The molecule has 0 saturated carbocycles. The van der Waals surface area contributed by atoms with E-state index in [0.717, 1.165) is 10.5 Å². The van der Waals surface area contributed by atoms with E-state index < -0.39 is 12.2 Å². The second-order valence-electron chi connectivity index (χ2n) is 2.97. The lowest BCUT2D eigenvalue weighted by molar-refractivity contribution is 0.0337. The molecule has 2 nitrogen and oxygen atoms in total. The molecule has 2 N–H and O–H groups in total. The molecule has 0 heterocycles. The van der Waals surface area contributed by atoms with Gasteiger partial charge < -0.3 is 10.2 Å². The molecule has 14 heavy (non-hydrogen) atoms. The first kappa shape index (κ1) is 11.9. The first-order chi connectivity index (χ1) is 6.69. The Bertz CT molecular complexity index is 274. The van der Waals surface area contributed by atoms with Crippen molar-refractivity contribution in [2.75, 3.05) is 12.0 Å². The Balaban J connectivity index is 2.75. The van der Waals surface area contributed by atoms with Crippen LogP contribution in [0.1, 0.15) is 11.7 Å². The van der Waals surface area contributed by atoms with Crippen LogP contribution >= 0.6 is 24.4 Å². The number of thiol groups is 1. The second-order valence-corrected chi connectivity index (χ2v) is 4.21. The topological polar surface area (TPSA) is 40.5 Å². The average Bonchev–Trinajstić information content (AvgIpc) is 2.27. The van der Waals surface area contributed by atoms with Crippen molar-refractivity contribution in [1.29, 1.82) is 0 Å². The van der Waals surface area contributed by atoms with Crippen LogP contribution in [-0.4, -0.2) is 28.3 Å². The quantitative estimate of drug-likeness (QED) is 0.545. The van der Waals surface area contributed by atoms with Gasteiger partial charge >= 0.3 is 0 Å². The molecule has 0 bridgehead atoms. The zero-order valence-electron chi connectivity index (χ0n) is 7.92. The Kier molecular flexibility index (Phi) is 4.81. The Labute approximate surface area is 93.8 Å². The van der Waals surface area contributed by atoms with Gasteiger partial charge in [-0.1, -0.05) is 12.1 Å². The molecule has 0 radical (unpaired) electrons. The summed E-state index contributed by atoms with van der Waals surface area (Å²) in [5.41, 5.74) is 0.726. The van der Waals surface area contributed by atoms with E-state index in [9.17, 15) is 10.2 Å². The summed E-state index contributed by atoms with van der Waals surface area (Å²) in [5, 5.41) is 19.0. The van der Waals surface area contributed by atoms with Crippen LogP contribution in [-0.2, 0) is 0 Å². The Morgan fingerprint density at radius 2 is 1.86 bits per heavy atom. The highest BCUT2D eigenvalue weighted by molar-refractivity contribution is 7.98. The van der Waals surface area contributed by atoms with Crippen molar-refractivity contribution in [2.45, 2.75) is 17.1 Å². The molecular weight excluding hydrogens is 216 g/mol. The molecule has 4 heteroatoms. The second kappa shape index (κ2) is 5.66. The molecule has 1 aromatic rings. The van der Waals surface area contributed by atoms with Gasteiger partial charge in [0.1, 0.15) is 6.10 Å². The highest BCUT2D eigenvalue weighted by Crippen LogP contribution is 2.21. The van der Waals surface area contributed by atoms with Crippen molar-refractivity contribution in [3.8, 4) is 0 Å². The van der Waals surface area contributed by atoms with E-state index in [1.807, 2.05) is 30.5 Å². The first-order valence-electron chi connectivity index (χ1n) is 4.30. The van der Waals surface area contributed by atoms with E-state index in [4.69, 9.17) is 0 Å². The molecule has 0 aliphatic heterocycles. The van der Waals surface area contributed by atoms with E-state index in [1.54, 1.807) is 11.8 Å². The lowest BCUT2D eigenvalue weighted by Crippen LogP contribution is -2.19. The fraction of sp³-hybridized carbons (Fsp3) is 0.400. The average molecular weight is 230 g/mol. The lowest BCUT2D eigenvalue weighted by atomic mass is 10.1. The van der Waals surface area contributed by atoms with Gasteiger partial charge in [0.2, 0.25) is 0 Å². The van der Waals surface area contributed by atoms with Crippen molar-refractivity contribution in [3.05, 3.63) is 29.8 Å². The summed E-state index contributed by atoms with van der Waals surface area (Å²) in [4.78, 5) is 1.14. The largest absolute Gasteiger partial charge is 0.389 e. The maximum Gasteiger partial charge on any atom is 0.106 e. The molecule has 0 amide bonds. The van der Waals surface area contributed by atoms with Gasteiger partial charge in [-0.25, -0.2) is 0 Å². The minimum atomic E-state index is -0.844. The predicted octanol–water partition coefficient (Wildman–Crippen LogP) is 1.73. The van der Waals surface area contributed by atoms with E-state index in [2.05, 4.69) is 12.6 Å². The van der Waals surface area contributed by atoms with Crippen LogP contribution in [0.5, 0.6) is 0 Å². The van der Waals surface area contributed by atoms with E-state index >= 15 is 0 Å². The molecule has 0 spiro atoms. The van der Waals surface area contributed by atoms with Crippen LogP contribution in [0.4, 0.5) is 0 Å². The molecule has 0 aromatic heterocycles. The van der Waals surface area contributed by atoms with E-state index in [1.165, 1.54) is 0 Å². The standard InChI is InChI=1S/C10H14O2S2/c1-14-8-4-2-7(3-5-8)10(12)9(11)6-13/h2-5,9-13H,6H2,1H3. The summed E-state index contributed by atoms with van der Waals surface area (Å²) in [5.74, 6) is 0.255. The molecule has 0 fully saturated rings. The molecule has 78 valence electrons. The molecule has 1 aromatic carbocycles. The van der Waals surface area contributed by atoms with Crippen molar-refractivity contribution in [2.24, 2.45) is 0 Å². The van der Waals surface area contributed by atoms with E-state index in [0.29, 0.717) is 0 Å². The third kappa shape index (κ3) is 2.92. The summed E-state index contributed by atoms with van der Waals surface area (Å²) in [6.07, 6.45) is 0.343. The maximum atomic E-state index is 9.65. The van der Waals surface area contributed by atoms with Crippen LogP contribution in [0.3, 0.4) is 0 Å². The fourth-order valence-corrected chi connectivity index (χ4v) is 1.73. The number of aliphatic hydroxyl groups excluding tert-OH is 2. The minimum Gasteiger partial charge on any atom is -0.389 e. The summed E-state index contributed by atoms with van der Waals surface area (Å²) in [6.45, 7) is 0. The normalized spacial score (nSPS) is 15.1. The lowest BCUT2D eigenvalue weighted by Gasteiger charge is -2.16. The number of hydrogen-bond donors (Lipinski definition) is 3. The van der Waals surface area contributed by atoms with Crippen LogP contribution in [0.15, 0.2) is 29.2 Å². The summed E-state index contributed by atoms with van der Waals surface area (Å²) in [6, 6.07) is 7.50. The van der Waals surface area contributed by atoms with Crippen LogP contribution in [0.25, 0.3) is 0 Å². The Morgan fingerprint density at radius 1 is 1.29 bits per heavy atom. The number of benzene rings is 1. The summed E-state index contributed by atoms with van der Waals surface area (Å²) >= 11 is 5.57. The predicted molar refractivity (Wildman–Crippen MR) is 63.0 cm³/mol. The van der Waals surface area contributed by atoms with Crippen LogP contribution in [0, 0.1) is 0 Å². The van der Waals surface area contributed by atoms with Gasteiger partial charge in [-0.05, 0) is 24.0 Å². The number of aliphatic hydroxyl groups is 2. The fourth-order valence-electron chi connectivity index (χ4n) is 1.12. The SMILES string of the molecule is CSc1ccc(C(O)C(O)CS)cc1. The zero-order valence-corrected chi connectivity index (χ0v) is 9.63. The van der Waals surface area contributed by atoms with Gasteiger partial charge in [0.15, 0.2) is 0 Å². The van der Waals surface area contributed by atoms with Gasteiger partial charge in [-0.2, -0.15) is 12.6 Å². The minimum absolute atomic E-state index is 0.255. The number of hydrogen-bond acceptors (Lipinski definition) is 4. The smallest absolute Gasteiger partial charge is 0.106 e. The monoisotopic (exact) mass is 230 g/mol. The molecule has 0 saturated heterocycles. The summed E-state index contributed by atoms with van der Waals surface area (Å²) in [7, 11) is 0. The van der Waals surface area contributed by atoms with Crippen molar-refractivity contribution in [3.63, 3.8) is 0 Å². The molecule has 0 aliphatic carbocycles. The zero-order chi connectivity index (χ0) is 10.6. The number of thioether (sulfide) groups is 1.